The Labute approximate surface area is 174 Å². The molecule has 0 N–H and O–H groups in total. The van der Waals surface area contributed by atoms with Gasteiger partial charge in [0.15, 0.2) is 15.6 Å². The van der Waals surface area contributed by atoms with Crippen LogP contribution in [0.2, 0.25) is 0 Å². The third-order valence-corrected chi connectivity index (χ3v) is 7.65. The summed E-state index contributed by atoms with van der Waals surface area (Å²) in [5.41, 5.74) is 2.13. The lowest BCUT2D eigenvalue weighted by Crippen LogP contribution is -2.30. The first-order valence-corrected chi connectivity index (χ1v) is 11.7. The van der Waals surface area contributed by atoms with Gasteiger partial charge in [0.1, 0.15) is 5.78 Å². The van der Waals surface area contributed by atoms with Crippen molar-refractivity contribution in [1.29, 1.82) is 0 Å². The molecule has 5 heteroatoms. The highest BCUT2D eigenvalue weighted by molar-refractivity contribution is 7.92. The maximum absolute atomic E-state index is 12.4. The van der Waals surface area contributed by atoms with E-state index in [4.69, 9.17) is 0 Å². The summed E-state index contributed by atoms with van der Waals surface area (Å²) in [5, 5.41) is 0. The maximum Gasteiger partial charge on any atom is 0.193 e. The van der Waals surface area contributed by atoms with Gasteiger partial charge in [0.25, 0.3) is 0 Å². The van der Waals surface area contributed by atoms with Gasteiger partial charge in [-0.3, -0.25) is 9.59 Å². The van der Waals surface area contributed by atoms with E-state index in [2.05, 4.69) is 0 Å². The van der Waals surface area contributed by atoms with Gasteiger partial charge in [-0.15, -0.1) is 0 Å². The number of carbonyl (C=O) groups is 2. The van der Waals surface area contributed by atoms with Crippen LogP contribution in [0.3, 0.4) is 0 Å². The molecule has 0 atom stereocenters. The van der Waals surface area contributed by atoms with Crippen molar-refractivity contribution in [1.82, 2.24) is 0 Å². The molecule has 0 spiro atoms. The fourth-order valence-corrected chi connectivity index (χ4v) is 4.14. The third kappa shape index (κ3) is 6.93. The smallest absolute Gasteiger partial charge is 0.193 e. The Kier molecular flexibility index (Phi) is 7.91. The second-order valence-electron chi connectivity index (χ2n) is 8.35. The van der Waals surface area contributed by atoms with Gasteiger partial charge in [0.2, 0.25) is 0 Å². The number of hydrogen-bond donors (Lipinski definition) is 0. The number of sulfone groups is 1. The van der Waals surface area contributed by atoms with Crippen LogP contribution in [-0.4, -0.2) is 30.5 Å². The number of hydrogen-bond acceptors (Lipinski definition) is 4. The maximum atomic E-state index is 12.4. The molecule has 0 fully saturated rings. The zero-order valence-electron chi connectivity index (χ0n) is 17.5. The number of Topliss-reactive ketones (excluding diaryl/α,β-unsaturated/α-hetero) is 1. The van der Waals surface area contributed by atoms with Crippen LogP contribution in [0.1, 0.15) is 67.9 Å². The monoisotopic (exact) mass is 414 g/mol. The van der Waals surface area contributed by atoms with E-state index in [-0.39, 0.29) is 17.3 Å². The van der Waals surface area contributed by atoms with Crippen molar-refractivity contribution in [2.45, 2.75) is 57.6 Å². The number of ketones is 2. The fourth-order valence-electron chi connectivity index (χ4n) is 2.94. The van der Waals surface area contributed by atoms with E-state index in [1.165, 1.54) is 0 Å². The molecule has 0 amide bonds. The molecule has 0 aliphatic carbocycles. The van der Waals surface area contributed by atoms with Crippen LogP contribution in [0, 0.1) is 0 Å². The zero-order valence-corrected chi connectivity index (χ0v) is 18.3. The molecule has 0 aliphatic heterocycles. The summed E-state index contributed by atoms with van der Waals surface area (Å²) in [6, 6.07) is 16.3. The SMILES string of the molecule is CC(C)(C)S(=O)(=O)CCCCCC(=O)Cc1ccc(C(=O)c2ccccc2)cc1. The van der Waals surface area contributed by atoms with Gasteiger partial charge in [-0.05, 0) is 39.2 Å². The summed E-state index contributed by atoms with van der Waals surface area (Å²) < 4.78 is 23.4. The standard InChI is InChI=1S/C24H30O4S/c1-24(2,3)29(27,28)17-9-5-8-12-22(25)18-19-13-15-21(16-14-19)23(26)20-10-6-4-7-11-20/h4,6-7,10-11,13-16H,5,8-9,12,17-18H2,1-3H3. The molecule has 0 saturated heterocycles. The summed E-state index contributed by atoms with van der Waals surface area (Å²) in [7, 11) is -3.09. The second-order valence-corrected chi connectivity index (χ2v) is 11.2. The van der Waals surface area contributed by atoms with Gasteiger partial charge in [-0.25, -0.2) is 8.42 Å². The molecule has 0 heterocycles. The molecule has 2 aromatic carbocycles. The summed E-state index contributed by atoms with van der Waals surface area (Å²) in [6.45, 7) is 5.14. The predicted molar refractivity (Wildman–Crippen MR) is 117 cm³/mol. The fraction of sp³-hybridized carbons (Fsp3) is 0.417. The van der Waals surface area contributed by atoms with Crippen molar-refractivity contribution in [3.05, 3.63) is 71.3 Å². The number of unbranched alkanes of at least 4 members (excludes halogenated alkanes) is 2. The Balaban J connectivity index is 1.76. The quantitative estimate of drug-likeness (QED) is 0.413. The van der Waals surface area contributed by atoms with Crippen LogP contribution in [-0.2, 0) is 21.1 Å². The van der Waals surface area contributed by atoms with Gasteiger partial charge in [-0.1, -0.05) is 61.0 Å². The van der Waals surface area contributed by atoms with Gasteiger partial charge < -0.3 is 0 Å². The Morgan fingerprint density at radius 1 is 0.793 bits per heavy atom. The van der Waals surface area contributed by atoms with Crippen LogP contribution >= 0.6 is 0 Å². The van der Waals surface area contributed by atoms with E-state index in [1.807, 2.05) is 30.3 Å². The van der Waals surface area contributed by atoms with Gasteiger partial charge in [0, 0.05) is 24.0 Å². The lowest BCUT2D eigenvalue weighted by molar-refractivity contribution is -0.118. The van der Waals surface area contributed by atoms with Gasteiger partial charge in [-0.2, -0.15) is 0 Å². The molecular weight excluding hydrogens is 384 g/mol. The lowest BCUT2D eigenvalue weighted by Gasteiger charge is -2.18. The minimum absolute atomic E-state index is 0.0336. The summed E-state index contributed by atoms with van der Waals surface area (Å²) in [4.78, 5) is 24.6. The van der Waals surface area contributed by atoms with Crippen molar-refractivity contribution >= 4 is 21.4 Å². The average molecular weight is 415 g/mol. The van der Waals surface area contributed by atoms with Crippen LogP contribution in [0.25, 0.3) is 0 Å². The van der Waals surface area contributed by atoms with Gasteiger partial charge >= 0.3 is 0 Å². The molecule has 2 aromatic rings. The molecule has 0 saturated carbocycles. The van der Waals surface area contributed by atoms with Crippen molar-refractivity contribution in [2.75, 3.05) is 5.75 Å². The van der Waals surface area contributed by atoms with Crippen molar-refractivity contribution < 1.29 is 18.0 Å². The highest BCUT2D eigenvalue weighted by atomic mass is 32.2. The molecule has 4 nitrogen and oxygen atoms in total. The number of rotatable bonds is 10. The molecule has 0 aromatic heterocycles. The molecule has 2 rings (SSSR count). The Bertz CT molecular complexity index is 921. The van der Waals surface area contributed by atoms with E-state index >= 15 is 0 Å². The molecular formula is C24H30O4S. The van der Waals surface area contributed by atoms with E-state index in [0.29, 0.717) is 36.8 Å². The molecule has 0 unspecified atom stereocenters. The first-order valence-electron chi connectivity index (χ1n) is 10.0. The van der Waals surface area contributed by atoms with Gasteiger partial charge in [0.05, 0.1) is 10.5 Å². The molecule has 0 radical (unpaired) electrons. The first kappa shape index (κ1) is 23.0. The highest BCUT2D eigenvalue weighted by Gasteiger charge is 2.27. The molecule has 0 bridgehead atoms. The van der Waals surface area contributed by atoms with Crippen LogP contribution in [0.4, 0.5) is 0 Å². The average Bonchev–Trinajstić information content (AvgIpc) is 2.67. The Morgan fingerprint density at radius 2 is 1.38 bits per heavy atom. The number of benzene rings is 2. The third-order valence-electron chi connectivity index (χ3n) is 4.96. The lowest BCUT2D eigenvalue weighted by atomic mass is 9.99. The minimum atomic E-state index is -3.09. The second kappa shape index (κ2) is 9.97. The van der Waals surface area contributed by atoms with Crippen molar-refractivity contribution in [3.8, 4) is 0 Å². The molecule has 29 heavy (non-hydrogen) atoms. The Morgan fingerprint density at radius 3 is 1.97 bits per heavy atom. The number of carbonyl (C=O) groups excluding carboxylic acids is 2. The largest absolute Gasteiger partial charge is 0.299 e. The highest BCUT2D eigenvalue weighted by Crippen LogP contribution is 2.18. The van der Waals surface area contributed by atoms with E-state index in [0.717, 1.165) is 12.0 Å². The van der Waals surface area contributed by atoms with E-state index in [9.17, 15) is 18.0 Å². The molecule has 156 valence electrons. The normalized spacial score (nSPS) is 12.0. The minimum Gasteiger partial charge on any atom is -0.299 e. The van der Waals surface area contributed by atoms with Crippen LogP contribution < -0.4 is 0 Å². The summed E-state index contributed by atoms with van der Waals surface area (Å²) >= 11 is 0. The van der Waals surface area contributed by atoms with Crippen molar-refractivity contribution in [3.63, 3.8) is 0 Å². The van der Waals surface area contributed by atoms with E-state index < -0.39 is 14.6 Å². The topological polar surface area (TPSA) is 68.3 Å². The van der Waals surface area contributed by atoms with Crippen LogP contribution in [0.15, 0.2) is 54.6 Å². The summed E-state index contributed by atoms with van der Waals surface area (Å²) in [6.07, 6.45) is 2.79. The first-order chi connectivity index (χ1) is 13.6. The molecule has 0 aliphatic rings. The Hall–Kier alpha value is -2.27. The van der Waals surface area contributed by atoms with Crippen molar-refractivity contribution in [2.24, 2.45) is 0 Å². The van der Waals surface area contributed by atoms with Crippen LogP contribution in [0.5, 0.6) is 0 Å². The summed E-state index contributed by atoms with van der Waals surface area (Å²) in [5.74, 6) is 0.265. The predicted octanol–water partition coefficient (Wildman–Crippen LogP) is 4.80. The zero-order chi connectivity index (χ0) is 21.5. The van der Waals surface area contributed by atoms with E-state index in [1.54, 1.807) is 45.0 Å².